The van der Waals surface area contributed by atoms with Crippen LogP contribution in [0.1, 0.15) is 23.7 Å². The van der Waals surface area contributed by atoms with Crippen molar-refractivity contribution in [1.29, 1.82) is 0 Å². The van der Waals surface area contributed by atoms with Crippen molar-refractivity contribution < 1.29 is 19.1 Å². The van der Waals surface area contributed by atoms with Gasteiger partial charge in [-0.2, -0.15) is 0 Å². The number of hydrogen-bond acceptors (Lipinski definition) is 6. The minimum atomic E-state index is -0.314. The molecule has 1 unspecified atom stereocenters. The van der Waals surface area contributed by atoms with Gasteiger partial charge in [-0.15, -0.1) is 11.8 Å². The topological polar surface area (TPSA) is 67.9 Å². The lowest BCUT2D eigenvalue weighted by atomic mass is 10.2. The van der Waals surface area contributed by atoms with E-state index in [1.807, 2.05) is 72.5 Å². The Morgan fingerprint density at radius 1 is 0.846 bits per heavy atom. The van der Waals surface area contributed by atoms with Crippen molar-refractivity contribution in [1.82, 2.24) is 0 Å². The number of fused-ring (bicyclic) bond motifs is 2. The van der Waals surface area contributed by atoms with Crippen LogP contribution in [0.3, 0.4) is 0 Å². The van der Waals surface area contributed by atoms with Crippen molar-refractivity contribution in [3.63, 3.8) is 0 Å². The number of nitrogens with one attached hydrogen (secondary N) is 1. The van der Waals surface area contributed by atoms with Crippen molar-refractivity contribution in [3.8, 4) is 11.5 Å². The Labute approximate surface area is 236 Å². The van der Waals surface area contributed by atoms with Gasteiger partial charge in [0.1, 0.15) is 0 Å². The van der Waals surface area contributed by atoms with Crippen LogP contribution in [-0.4, -0.2) is 31.3 Å². The normalized spacial score (nSPS) is 12.6. The van der Waals surface area contributed by atoms with Gasteiger partial charge in [-0.3, -0.25) is 14.5 Å². The molecule has 1 heterocycles. The van der Waals surface area contributed by atoms with E-state index >= 15 is 0 Å². The molecular formula is C31H28N2O4S2. The van der Waals surface area contributed by atoms with Crippen LogP contribution in [-0.2, 0) is 4.79 Å². The number of thioether (sulfide) groups is 1. The maximum atomic E-state index is 14.0. The fraction of sp³-hybridized carbons (Fsp3) is 0.161. The zero-order chi connectivity index (χ0) is 27.4. The van der Waals surface area contributed by atoms with Gasteiger partial charge in [0.25, 0.3) is 5.91 Å². The van der Waals surface area contributed by atoms with Crippen molar-refractivity contribution in [2.75, 3.05) is 24.4 Å². The Hall–Kier alpha value is -3.88. The highest BCUT2D eigenvalue weighted by Gasteiger charge is 2.32. The summed E-state index contributed by atoms with van der Waals surface area (Å²) in [4.78, 5) is 31.8. The molecule has 1 aliphatic heterocycles. The van der Waals surface area contributed by atoms with Crippen molar-refractivity contribution in [2.24, 2.45) is 0 Å². The first-order chi connectivity index (χ1) is 19.0. The number of methoxy groups -OCH3 is 2. The average molecular weight is 557 g/mol. The first kappa shape index (κ1) is 26.7. The molecule has 6 nitrogen and oxygen atoms in total. The lowest BCUT2D eigenvalue weighted by Crippen LogP contribution is -2.35. The van der Waals surface area contributed by atoms with Crippen LogP contribution in [0.2, 0.25) is 0 Å². The molecule has 0 aromatic heterocycles. The average Bonchev–Trinajstić information content (AvgIpc) is 2.98. The third-order valence-electron chi connectivity index (χ3n) is 6.31. The molecule has 4 aromatic rings. The van der Waals surface area contributed by atoms with Crippen LogP contribution in [0.5, 0.6) is 11.5 Å². The van der Waals surface area contributed by atoms with Gasteiger partial charge in [-0.05, 0) is 67.1 Å². The molecule has 0 bridgehead atoms. The van der Waals surface area contributed by atoms with Crippen molar-refractivity contribution >= 4 is 52.4 Å². The molecule has 0 saturated heterocycles. The lowest BCUT2D eigenvalue weighted by molar-refractivity contribution is -0.117. The van der Waals surface area contributed by atoms with Gasteiger partial charge in [0, 0.05) is 25.9 Å². The molecule has 1 atom stereocenters. The van der Waals surface area contributed by atoms with Crippen LogP contribution in [0.25, 0.3) is 0 Å². The van der Waals surface area contributed by atoms with Gasteiger partial charge in [-0.25, -0.2) is 0 Å². The molecule has 4 aromatic carbocycles. The lowest BCUT2D eigenvalue weighted by Gasteiger charge is -2.33. The highest BCUT2D eigenvalue weighted by molar-refractivity contribution is 8.00. The van der Waals surface area contributed by atoms with Crippen LogP contribution >= 0.6 is 23.5 Å². The maximum Gasteiger partial charge on any atom is 0.255 e. The molecule has 198 valence electrons. The zero-order valence-corrected chi connectivity index (χ0v) is 23.5. The minimum Gasteiger partial charge on any atom is -0.493 e. The number of carbonyl (C=O) groups excluding carboxylic acids is 2. The van der Waals surface area contributed by atoms with Crippen LogP contribution in [0.4, 0.5) is 17.1 Å². The number of nitrogens with zero attached hydrogens (tertiary/aromatic N) is 1. The molecule has 0 aliphatic carbocycles. The quantitative estimate of drug-likeness (QED) is 0.225. The predicted molar refractivity (Wildman–Crippen MR) is 158 cm³/mol. The number of carbonyl (C=O) groups is 2. The number of rotatable bonds is 8. The zero-order valence-electron chi connectivity index (χ0n) is 21.8. The van der Waals surface area contributed by atoms with Crippen LogP contribution in [0.15, 0.2) is 106 Å². The fourth-order valence-corrected chi connectivity index (χ4v) is 6.50. The Kier molecular flexibility index (Phi) is 8.14. The third-order valence-corrected chi connectivity index (χ3v) is 8.79. The van der Waals surface area contributed by atoms with E-state index in [4.69, 9.17) is 9.47 Å². The maximum absolute atomic E-state index is 14.0. The highest BCUT2D eigenvalue weighted by Crippen LogP contribution is 2.49. The summed E-state index contributed by atoms with van der Waals surface area (Å²) in [5, 5.41) is 2.64. The fourth-order valence-electron chi connectivity index (χ4n) is 4.39. The highest BCUT2D eigenvalue weighted by atomic mass is 32.2. The summed E-state index contributed by atoms with van der Waals surface area (Å²) in [6.45, 7) is 2.02. The number of hydrogen-bond donors (Lipinski definition) is 1. The molecule has 0 spiro atoms. The van der Waals surface area contributed by atoms with E-state index < -0.39 is 0 Å². The van der Waals surface area contributed by atoms with Crippen LogP contribution < -0.4 is 19.7 Å². The second kappa shape index (κ2) is 11.9. The molecule has 8 heteroatoms. The Morgan fingerprint density at radius 2 is 1.51 bits per heavy atom. The second-order valence-corrected chi connectivity index (χ2v) is 11.1. The molecule has 0 saturated carbocycles. The van der Waals surface area contributed by atoms with Gasteiger partial charge in [0.15, 0.2) is 11.5 Å². The smallest absolute Gasteiger partial charge is 0.255 e. The van der Waals surface area contributed by atoms with E-state index in [2.05, 4.69) is 17.4 Å². The Morgan fingerprint density at radius 3 is 2.15 bits per heavy atom. The monoisotopic (exact) mass is 556 g/mol. The molecule has 1 aliphatic rings. The summed E-state index contributed by atoms with van der Waals surface area (Å²) in [7, 11) is 3.09. The largest absolute Gasteiger partial charge is 0.493 e. The summed E-state index contributed by atoms with van der Waals surface area (Å²) >= 11 is 3.18. The Balaban J connectivity index is 1.36. The Bertz CT molecular complexity index is 1480. The standard InChI is InChI=1S/C31H28N2O4S2/c1-4-27(31(35)33-23-12-5-7-14-28(23)39-29-15-8-6-13-24(29)33)38-22-11-9-10-21(19-22)32-30(34)20-16-17-25(36-2)26(18-20)37-3/h5-19,27H,4H2,1-3H3,(H,32,34). The summed E-state index contributed by atoms with van der Waals surface area (Å²) < 4.78 is 10.6. The molecule has 2 amide bonds. The first-order valence-corrected chi connectivity index (χ1v) is 14.2. The number of anilines is 3. The molecule has 39 heavy (non-hydrogen) atoms. The van der Waals surface area contributed by atoms with Crippen molar-refractivity contribution in [2.45, 2.75) is 33.3 Å². The van der Waals surface area contributed by atoms with Crippen molar-refractivity contribution in [3.05, 3.63) is 96.6 Å². The van der Waals surface area contributed by atoms with Crippen LogP contribution in [0, 0.1) is 0 Å². The summed E-state index contributed by atoms with van der Waals surface area (Å²) in [5.74, 6) is 0.806. The van der Waals surface area contributed by atoms with E-state index in [1.165, 1.54) is 18.9 Å². The summed E-state index contributed by atoms with van der Waals surface area (Å²) in [6, 6.07) is 28.6. The minimum absolute atomic E-state index is 0.0301. The van der Waals surface area contributed by atoms with E-state index in [0.717, 1.165) is 26.1 Å². The first-order valence-electron chi connectivity index (χ1n) is 12.5. The number of amides is 2. The molecule has 0 fully saturated rings. The molecule has 1 N–H and O–H groups in total. The van der Waals surface area contributed by atoms with E-state index in [9.17, 15) is 9.59 Å². The van der Waals surface area contributed by atoms with Gasteiger partial charge < -0.3 is 14.8 Å². The summed E-state index contributed by atoms with van der Waals surface area (Å²) in [6.07, 6.45) is 0.652. The molecular weight excluding hydrogens is 528 g/mol. The number of ether oxygens (including phenoxy) is 2. The number of para-hydroxylation sites is 2. The SMILES string of the molecule is CCC(Sc1cccc(NC(=O)c2ccc(OC)c(OC)c2)c1)C(=O)N1c2ccccc2Sc2ccccc21. The molecule has 5 rings (SSSR count). The predicted octanol–water partition coefficient (Wildman–Crippen LogP) is 7.66. The van der Waals surface area contributed by atoms with Gasteiger partial charge in [0.05, 0.1) is 30.8 Å². The summed E-state index contributed by atoms with van der Waals surface area (Å²) in [5.41, 5.74) is 2.90. The second-order valence-electron chi connectivity index (χ2n) is 8.78. The van der Waals surface area contributed by atoms with E-state index in [-0.39, 0.29) is 17.1 Å². The van der Waals surface area contributed by atoms with E-state index in [1.54, 1.807) is 37.1 Å². The number of benzene rings is 4. The van der Waals surface area contributed by atoms with Gasteiger partial charge >= 0.3 is 0 Å². The molecule has 0 radical (unpaired) electrons. The third kappa shape index (κ3) is 5.62. The van der Waals surface area contributed by atoms with Gasteiger partial charge in [-0.1, -0.05) is 49.0 Å². The van der Waals surface area contributed by atoms with Gasteiger partial charge in [0.2, 0.25) is 5.91 Å². The van der Waals surface area contributed by atoms with E-state index in [0.29, 0.717) is 29.2 Å².